The summed E-state index contributed by atoms with van der Waals surface area (Å²) in [5.41, 5.74) is 4.39. The number of carbonyl (C=O) groups excluding carboxylic acids is 2. The maximum Gasteiger partial charge on any atom is 0.408 e. The standard InChI is InChI=1S/C10H20N2O5/c1-10(2,3)17-9(16)12-6(5-13)8(15)7(14)4-11/h6-7,13-14H,4-5,11H2,1-3H3,(H,12,16)/t6-,7?/m0/s1. The van der Waals surface area contributed by atoms with Crippen molar-refractivity contribution >= 4 is 11.9 Å². The summed E-state index contributed by atoms with van der Waals surface area (Å²) < 4.78 is 4.91. The fraction of sp³-hybridized carbons (Fsp3) is 0.800. The van der Waals surface area contributed by atoms with E-state index in [0.29, 0.717) is 0 Å². The normalized spacial score (nSPS) is 14.9. The smallest absolute Gasteiger partial charge is 0.408 e. The van der Waals surface area contributed by atoms with Gasteiger partial charge in [-0.1, -0.05) is 0 Å². The van der Waals surface area contributed by atoms with Crippen molar-refractivity contribution in [3.8, 4) is 0 Å². The monoisotopic (exact) mass is 248 g/mol. The van der Waals surface area contributed by atoms with E-state index in [2.05, 4.69) is 5.32 Å². The van der Waals surface area contributed by atoms with E-state index in [0.717, 1.165) is 0 Å². The molecule has 7 heteroatoms. The van der Waals surface area contributed by atoms with Gasteiger partial charge in [0.05, 0.1) is 6.61 Å². The summed E-state index contributed by atoms with van der Waals surface area (Å²) in [6.07, 6.45) is -2.25. The Morgan fingerprint density at radius 3 is 2.29 bits per heavy atom. The molecule has 0 aliphatic heterocycles. The van der Waals surface area contributed by atoms with E-state index in [1.807, 2.05) is 0 Å². The van der Waals surface area contributed by atoms with Crippen LogP contribution in [0.15, 0.2) is 0 Å². The number of ketones is 1. The van der Waals surface area contributed by atoms with E-state index >= 15 is 0 Å². The molecule has 0 fully saturated rings. The second-order valence-electron chi connectivity index (χ2n) is 4.54. The van der Waals surface area contributed by atoms with Crippen LogP contribution < -0.4 is 11.1 Å². The van der Waals surface area contributed by atoms with Crippen molar-refractivity contribution in [1.82, 2.24) is 5.32 Å². The molecule has 2 atom stereocenters. The third-order valence-corrected chi connectivity index (χ3v) is 1.77. The first-order chi connectivity index (χ1) is 7.71. The molecule has 7 nitrogen and oxygen atoms in total. The number of Topliss-reactive ketones (excluding diaryl/α,β-unsaturated/α-hetero) is 1. The second kappa shape index (κ2) is 6.53. The van der Waals surface area contributed by atoms with Crippen LogP contribution in [-0.2, 0) is 9.53 Å². The Morgan fingerprint density at radius 2 is 1.94 bits per heavy atom. The number of hydrogen-bond donors (Lipinski definition) is 4. The number of aliphatic hydroxyl groups is 2. The molecule has 5 N–H and O–H groups in total. The molecule has 0 spiro atoms. The fourth-order valence-electron chi connectivity index (χ4n) is 1.00. The predicted molar refractivity (Wildman–Crippen MR) is 60.3 cm³/mol. The molecule has 0 aliphatic rings. The molecule has 0 radical (unpaired) electrons. The van der Waals surface area contributed by atoms with Crippen LogP contribution in [-0.4, -0.2) is 53.0 Å². The molecular formula is C10H20N2O5. The first kappa shape index (κ1) is 15.8. The zero-order chi connectivity index (χ0) is 13.6. The zero-order valence-corrected chi connectivity index (χ0v) is 10.3. The summed E-state index contributed by atoms with van der Waals surface area (Å²) >= 11 is 0. The highest BCUT2D eigenvalue weighted by molar-refractivity contribution is 5.91. The number of alkyl carbamates (subject to hydrolysis) is 1. The number of aliphatic hydroxyl groups excluding tert-OH is 2. The van der Waals surface area contributed by atoms with Gasteiger partial charge in [-0.25, -0.2) is 4.79 Å². The maximum absolute atomic E-state index is 11.4. The summed E-state index contributed by atoms with van der Waals surface area (Å²) in [6, 6.07) is -1.22. The predicted octanol–water partition coefficient (Wildman–Crippen LogP) is -1.24. The highest BCUT2D eigenvalue weighted by atomic mass is 16.6. The number of nitrogens with one attached hydrogen (secondary N) is 1. The van der Waals surface area contributed by atoms with Crippen LogP contribution in [0.4, 0.5) is 4.79 Å². The Bertz CT molecular complexity index is 274. The Balaban J connectivity index is 4.41. The number of ether oxygens (including phenoxy) is 1. The van der Waals surface area contributed by atoms with Gasteiger partial charge in [-0.3, -0.25) is 4.79 Å². The molecule has 0 heterocycles. The highest BCUT2D eigenvalue weighted by Gasteiger charge is 2.27. The van der Waals surface area contributed by atoms with Gasteiger partial charge in [-0.15, -0.1) is 0 Å². The summed E-state index contributed by atoms with van der Waals surface area (Å²) in [5, 5.41) is 20.3. The van der Waals surface area contributed by atoms with Crippen LogP contribution in [0.1, 0.15) is 20.8 Å². The minimum Gasteiger partial charge on any atom is -0.444 e. The number of hydrogen-bond acceptors (Lipinski definition) is 6. The molecule has 1 amide bonds. The maximum atomic E-state index is 11.4. The van der Waals surface area contributed by atoms with Crippen LogP contribution in [0.25, 0.3) is 0 Å². The fourth-order valence-corrected chi connectivity index (χ4v) is 1.00. The van der Waals surface area contributed by atoms with Gasteiger partial charge in [-0.2, -0.15) is 0 Å². The van der Waals surface area contributed by atoms with Crippen molar-refractivity contribution in [3.05, 3.63) is 0 Å². The van der Waals surface area contributed by atoms with Gasteiger partial charge in [-0.05, 0) is 20.8 Å². The van der Waals surface area contributed by atoms with Crippen molar-refractivity contribution in [2.45, 2.75) is 38.5 Å². The topological polar surface area (TPSA) is 122 Å². The molecule has 0 saturated heterocycles. The lowest BCUT2D eigenvalue weighted by atomic mass is 10.1. The van der Waals surface area contributed by atoms with Crippen molar-refractivity contribution in [1.29, 1.82) is 0 Å². The Labute approximate surface area is 99.9 Å². The summed E-state index contributed by atoms with van der Waals surface area (Å²) in [5.74, 6) is -0.749. The highest BCUT2D eigenvalue weighted by Crippen LogP contribution is 2.07. The average Bonchev–Trinajstić information content (AvgIpc) is 2.21. The molecule has 0 aromatic carbocycles. The molecule has 0 aromatic rings. The molecule has 17 heavy (non-hydrogen) atoms. The lowest BCUT2D eigenvalue weighted by Crippen LogP contribution is -2.50. The van der Waals surface area contributed by atoms with E-state index in [-0.39, 0.29) is 6.54 Å². The SMILES string of the molecule is CC(C)(C)OC(=O)N[C@@H](CO)C(=O)C(O)CN. The lowest BCUT2D eigenvalue weighted by molar-refractivity contribution is -0.129. The number of carbonyl (C=O) groups is 2. The van der Waals surface area contributed by atoms with E-state index < -0.39 is 36.2 Å². The van der Waals surface area contributed by atoms with Gasteiger partial charge < -0.3 is 26.0 Å². The average molecular weight is 248 g/mol. The molecular weight excluding hydrogens is 228 g/mol. The van der Waals surface area contributed by atoms with E-state index in [4.69, 9.17) is 15.6 Å². The number of rotatable bonds is 5. The second-order valence-corrected chi connectivity index (χ2v) is 4.54. The van der Waals surface area contributed by atoms with Gasteiger partial charge in [0.1, 0.15) is 17.7 Å². The van der Waals surface area contributed by atoms with Crippen LogP contribution in [0.5, 0.6) is 0 Å². The quantitative estimate of drug-likeness (QED) is 0.483. The van der Waals surface area contributed by atoms with Gasteiger partial charge >= 0.3 is 6.09 Å². The van der Waals surface area contributed by atoms with Crippen LogP contribution >= 0.6 is 0 Å². The van der Waals surface area contributed by atoms with Gasteiger partial charge in [0.15, 0.2) is 5.78 Å². The Hall–Kier alpha value is -1.18. The zero-order valence-electron chi connectivity index (χ0n) is 10.3. The van der Waals surface area contributed by atoms with E-state index in [9.17, 15) is 14.7 Å². The third-order valence-electron chi connectivity index (χ3n) is 1.77. The van der Waals surface area contributed by atoms with Crippen molar-refractivity contribution in [3.63, 3.8) is 0 Å². The molecule has 0 bridgehead atoms. The minimum atomic E-state index is -1.41. The molecule has 0 rings (SSSR count). The summed E-state index contributed by atoms with van der Waals surface area (Å²) in [7, 11) is 0. The van der Waals surface area contributed by atoms with Crippen molar-refractivity contribution < 1.29 is 24.5 Å². The van der Waals surface area contributed by atoms with E-state index in [1.54, 1.807) is 20.8 Å². The molecule has 0 aliphatic carbocycles. The molecule has 0 aromatic heterocycles. The summed E-state index contributed by atoms with van der Waals surface area (Å²) in [6.45, 7) is 4.09. The molecule has 0 saturated carbocycles. The lowest BCUT2D eigenvalue weighted by Gasteiger charge is -2.23. The van der Waals surface area contributed by atoms with Crippen LogP contribution in [0, 0.1) is 0 Å². The van der Waals surface area contributed by atoms with Crippen molar-refractivity contribution in [2.75, 3.05) is 13.2 Å². The molecule has 1 unspecified atom stereocenters. The number of nitrogens with two attached hydrogens (primary N) is 1. The first-order valence-electron chi connectivity index (χ1n) is 5.23. The third kappa shape index (κ3) is 6.20. The minimum absolute atomic E-state index is 0.272. The summed E-state index contributed by atoms with van der Waals surface area (Å²) in [4.78, 5) is 22.8. The largest absolute Gasteiger partial charge is 0.444 e. The van der Waals surface area contributed by atoms with E-state index in [1.165, 1.54) is 0 Å². The van der Waals surface area contributed by atoms with Crippen LogP contribution in [0.3, 0.4) is 0 Å². The Morgan fingerprint density at radius 1 is 1.41 bits per heavy atom. The number of amides is 1. The first-order valence-corrected chi connectivity index (χ1v) is 5.23. The van der Waals surface area contributed by atoms with Gasteiger partial charge in [0, 0.05) is 6.54 Å². The molecule has 100 valence electrons. The van der Waals surface area contributed by atoms with Crippen LogP contribution in [0.2, 0.25) is 0 Å². The van der Waals surface area contributed by atoms with Gasteiger partial charge in [0.25, 0.3) is 0 Å². The van der Waals surface area contributed by atoms with Gasteiger partial charge in [0.2, 0.25) is 0 Å². The van der Waals surface area contributed by atoms with Crippen molar-refractivity contribution in [2.24, 2.45) is 5.73 Å². The Kier molecular flexibility index (Phi) is 6.08.